The maximum Gasteiger partial charge on any atom is 0.418 e. The summed E-state index contributed by atoms with van der Waals surface area (Å²) in [5.74, 6) is -0.207. The number of rotatable bonds is 3. The van der Waals surface area contributed by atoms with Crippen LogP contribution in [0.15, 0.2) is 55.4 Å². The average molecular weight is 445 g/mol. The standard InChI is InChI=1S/C20H18F3N7O2/c21-20(22,23)16-10-15(30-13-25-12-26-30)3-4-17(16)27-19(32)29-8-6-28(7-9-29)18(31)14-2-1-5-24-11-14/h1-5,10-13H,6-9H2,(H,27,32). The van der Waals surface area contributed by atoms with Gasteiger partial charge in [0.25, 0.3) is 5.91 Å². The van der Waals surface area contributed by atoms with Gasteiger partial charge in [0.2, 0.25) is 0 Å². The quantitative estimate of drug-likeness (QED) is 0.669. The molecule has 0 aliphatic carbocycles. The number of carbonyl (C=O) groups is 2. The summed E-state index contributed by atoms with van der Waals surface area (Å²) in [4.78, 5) is 35.7. The van der Waals surface area contributed by atoms with Crippen LogP contribution in [-0.4, -0.2) is 67.7 Å². The lowest BCUT2D eigenvalue weighted by Gasteiger charge is -2.34. The van der Waals surface area contributed by atoms with Crippen molar-refractivity contribution in [3.8, 4) is 5.69 Å². The highest BCUT2D eigenvalue weighted by Crippen LogP contribution is 2.36. The van der Waals surface area contributed by atoms with Gasteiger partial charge in [-0.15, -0.1) is 0 Å². The average Bonchev–Trinajstić information content (AvgIpc) is 3.34. The third kappa shape index (κ3) is 4.53. The van der Waals surface area contributed by atoms with Gasteiger partial charge in [-0.2, -0.15) is 18.3 Å². The molecule has 1 aromatic carbocycles. The largest absolute Gasteiger partial charge is 0.418 e. The zero-order valence-electron chi connectivity index (χ0n) is 16.7. The number of pyridine rings is 1. The number of anilines is 1. The van der Waals surface area contributed by atoms with Crippen LogP contribution in [0.25, 0.3) is 5.69 Å². The molecule has 3 heterocycles. The second-order valence-corrected chi connectivity index (χ2v) is 7.02. The van der Waals surface area contributed by atoms with Crippen LogP contribution in [-0.2, 0) is 6.18 Å². The van der Waals surface area contributed by atoms with Gasteiger partial charge in [0.15, 0.2) is 0 Å². The zero-order chi connectivity index (χ0) is 22.7. The SMILES string of the molecule is O=C(Nc1ccc(-n2cncn2)cc1C(F)(F)F)N1CCN(C(=O)c2cccnc2)CC1. The number of nitrogens with one attached hydrogen (secondary N) is 1. The number of urea groups is 1. The molecule has 1 saturated heterocycles. The van der Waals surface area contributed by atoms with Crippen LogP contribution in [0.4, 0.5) is 23.7 Å². The fourth-order valence-electron chi connectivity index (χ4n) is 3.34. The number of benzene rings is 1. The highest BCUT2D eigenvalue weighted by molar-refractivity contribution is 5.94. The molecule has 4 rings (SSSR count). The number of amides is 3. The minimum atomic E-state index is -4.69. The van der Waals surface area contributed by atoms with Crippen LogP contribution in [0.1, 0.15) is 15.9 Å². The monoisotopic (exact) mass is 445 g/mol. The second-order valence-electron chi connectivity index (χ2n) is 7.02. The Hall–Kier alpha value is -3.96. The molecule has 3 aromatic rings. The van der Waals surface area contributed by atoms with Crippen LogP contribution in [0, 0.1) is 0 Å². The van der Waals surface area contributed by atoms with Gasteiger partial charge in [0, 0.05) is 38.6 Å². The number of alkyl halides is 3. The number of aromatic nitrogens is 4. The molecule has 0 radical (unpaired) electrons. The summed E-state index contributed by atoms with van der Waals surface area (Å²) < 4.78 is 42.0. The molecule has 3 amide bonds. The molecular formula is C20H18F3N7O2. The minimum Gasteiger partial charge on any atom is -0.335 e. The molecular weight excluding hydrogens is 427 g/mol. The lowest BCUT2D eigenvalue weighted by Crippen LogP contribution is -2.51. The van der Waals surface area contributed by atoms with Gasteiger partial charge in [-0.1, -0.05) is 0 Å². The van der Waals surface area contributed by atoms with E-state index >= 15 is 0 Å². The highest BCUT2D eigenvalue weighted by Gasteiger charge is 2.35. The van der Waals surface area contributed by atoms with Crippen molar-refractivity contribution >= 4 is 17.6 Å². The van der Waals surface area contributed by atoms with Gasteiger partial charge in [0.05, 0.1) is 22.5 Å². The van der Waals surface area contributed by atoms with Crippen molar-refractivity contribution in [2.24, 2.45) is 0 Å². The topological polar surface area (TPSA) is 96.3 Å². The van der Waals surface area contributed by atoms with Gasteiger partial charge in [0.1, 0.15) is 12.7 Å². The van der Waals surface area contributed by atoms with Crippen LogP contribution in [0.3, 0.4) is 0 Å². The van der Waals surface area contributed by atoms with E-state index < -0.39 is 17.8 Å². The Bertz CT molecular complexity index is 1100. The van der Waals surface area contributed by atoms with E-state index in [1.165, 1.54) is 40.6 Å². The lowest BCUT2D eigenvalue weighted by atomic mass is 10.1. The molecule has 0 atom stereocenters. The van der Waals surface area contributed by atoms with E-state index in [2.05, 4.69) is 20.4 Å². The molecule has 1 N–H and O–H groups in total. The first kappa shape index (κ1) is 21.3. The molecule has 2 aromatic heterocycles. The highest BCUT2D eigenvalue weighted by atomic mass is 19.4. The summed E-state index contributed by atoms with van der Waals surface area (Å²) in [7, 11) is 0. The molecule has 1 aliphatic heterocycles. The van der Waals surface area contributed by atoms with E-state index in [4.69, 9.17) is 0 Å². The Morgan fingerprint density at radius 1 is 1.00 bits per heavy atom. The summed E-state index contributed by atoms with van der Waals surface area (Å²) in [6.45, 7) is 0.906. The van der Waals surface area contributed by atoms with Crippen molar-refractivity contribution < 1.29 is 22.8 Å². The Kier molecular flexibility index (Phi) is 5.75. The van der Waals surface area contributed by atoms with Crippen LogP contribution >= 0.6 is 0 Å². The van der Waals surface area contributed by atoms with E-state index in [9.17, 15) is 22.8 Å². The van der Waals surface area contributed by atoms with Crippen molar-refractivity contribution in [3.05, 3.63) is 66.5 Å². The first-order valence-corrected chi connectivity index (χ1v) is 9.64. The van der Waals surface area contributed by atoms with Crippen LogP contribution < -0.4 is 5.32 Å². The van der Waals surface area contributed by atoms with Gasteiger partial charge < -0.3 is 15.1 Å². The fourth-order valence-corrected chi connectivity index (χ4v) is 3.34. The lowest BCUT2D eigenvalue weighted by molar-refractivity contribution is -0.136. The Morgan fingerprint density at radius 2 is 1.75 bits per heavy atom. The van der Waals surface area contributed by atoms with E-state index in [1.807, 2.05) is 0 Å². The Labute approximate surface area is 180 Å². The number of hydrogen-bond acceptors (Lipinski definition) is 5. The van der Waals surface area contributed by atoms with Crippen LogP contribution in [0.5, 0.6) is 0 Å². The van der Waals surface area contributed by atoms with E-state index in [-0.39, 0.29) is 43.5 Å². The van der Waals surface area contributed by atoms with E-state index in [1.54, 1.807) is 23.2 Å². The Balaban J connectivity index is 1.43. The van der Waals surface area contributed by atoms with Gasteiger partial charge in [-0.3, -0.25) is 9.78 Å². The molecule has 166 valence electrons. The molecule has 0 saturated carbocycles. The molecule has 0 bridgehead atoms. The number of piperazine rings is 1. The summed E-state index contributed by atoms with van der Waals surface area (Å²) >= 11 is 0. The Morgan fingerprint density at radius 3 is 2.38 bits per heavy atom. The van der Waals surface area contributed by atoms with Gasteiger partial charge in [-0.05, 0) is 30.3 Å². The van der Waals surface area contributed by atoms with Crippen molar-refractivity contribution in [2.45, 2.75) is 6.18 Å². The first-order valence-electron chi connectivity index (χ1n) is 9.64. The molecule has 32 heavy (non-hydrogen) atoms. The van der Waals surface area contributed by atoms with Crippen molar-refractivity contribution in [2.75, 3.05) is 31.5 Å². The van der Waals surface area contributed by atoms with E-state index in [0.29, 0.717) is 5.56 Å². The maximum atomic E-state index is 13.6. The first-order chi connectivity index (χ1) is 15.3. The summed E-state index contributed by atoms with van der Waals surface area (Å²) in [6.07, 6.45) is 0.825. The van der Waals surface area contributed by atoms with Crippen LogP contribution in [0.2, 0.25) is 0 Å². The molecule has 0 unspecified atom stereocenters. The minimum absolute atomic E-state index is 0.162. The predicted octanol–water partition coefficient (Wildman–Crippen LogP) is 2.67. The zero-order valence-corrected chi connectivity index (χ0v) is 16.7. The predicted molar refractivity (Wildman–Crippen MR) is 107 cm³/mol. The number of halogens is 3. The maximum absolute atomic E-state index is 13.6. The third-order valence-electron chi connectivity index (χ3n) is 5.00. The van der Waals surface area contributed by atoms with Crippen molar-refractivity contribution in [1.29, 1.82) is 0 Å². The summed E-state index contributed by atoms with van der Waals surface area (Å²) in [5.41, 5.74) is -0.757. The fraction of sp³-hybridized carbons (Fsp3) is 0.250. The summed E-state index contributed by atoms with van der Waals surface area (Å²) in [5, 5.41) is 6.17. The van der Waals surface area contributed by atoms with Crippen molar-refractivity contribution in [1.82, 2.24) is 29.5 Å². The van der Waals surface area contributed by atoms with Crippen molar-refractivity contribution in [3.63, 3.8) is 0 Å². The van der Waals surface area contributed by atoms with E-state index in [0.717, 1.165) is 6.07 Å². The number of nitrogens with zero attached hydrogens (tertiary/aromatic N) is 6. The molecule has 1 aliphatic rings. The molecule has 9 nitrogen and oxygen atoms in total. The number of hydrogen-bond donors (Lipinski definition) is 1. The number of carbonyl (C=O) groups excluding carboxylic acids is 2. The van der Waals surface area contributed by atoms with Gasteiger partial charge in [-0.25, -0.2) is 14.5 Å². The smallest absolute Gasteiger partial charge is 0.335 e. The molecule has 1 fully saturated rings. The molecule has 12 heteroatoms. The normalized spacial score (nSPS) is 14.3. The third-order valence-corrected chi connectivity index (χ3v) is 5.00. The summed E-state index contributed by atoms with van der Waals surface area (Å²) in [6, 6.07) is 6.12. The molecule has 0 spiro atoms. The second kappa shape index (κ2) is 8.65. The van der Waals surface area contributed by atoms with Gasteiger partial charge >= 0.3 is 12.2 Å².